The lowest BCUT2D eigenvalue weighted by atomic mass is 10.2. The Bertz CT molecular complexity index is 785. The highest BCUT2D eigenvalue weighted by Gasteiger charge is 2.19. The first kappa shape index (κ1) is 17.5. The third-order valence-corrected chi connectivity index (χ3v) is 4.39. The van der Waals surface area contributed by atoms with E-state index < -0.39 is 0 Å². The van der Waals surface area contributed by atoms with Crippen LogP contribution < -0.4 is 0 Å². The van der Waals surface area contributed by atoms with E-state index in [0.29, 0.717) is 18.1 Å². The lowest BCUT2D eigenvalue weighted by molar-refractivity contribution is -0.126. The molecule has 1 aliphatic rings. The number of carbonyl (C=O) groups excluding carboxylic acids is 1. The zero-order valence-corrected chi connectivity index (χ0v) is 14.5. The SMILES string of the molecule is O=C(C#Cc1ccc(Cl)cc1)N1CCN(Cc2ccc(F)cc2)CC1. The number of halogens is 2. The van der Waals surface area contributed by atoms with Crippen LogP contribution in [-0.2, 0) is 11.3 Å². The van der Waals surface area contributed by atoms with Gasteiger partial charge in [0.1, 0.15) is 5.82 Å². The summed E-state index contributed by atoms with van der Waals surface area (Å²) in [5, 5.41) is 0.647. The second-order valence-electron chi connectivity index (χ2n) is 5.95. The molecule has 0 unspecified atom stereocenters. The molecule has 0 spiro atoms. The average molecular weight is 357 g/mol. The maximum Gasteiger partial charge on any atom is 0.298 e. The van der Waals surface area contributed by atoms with Gasteiger partial charge in [0, 0.05) is 49.2 Å². The Morgan fingerprint density at radius 2 is 1.64 bits per heavy atom. The molecule has 5 heteroatoms. The first-order chi connectivity index (χ1) is 12.1. The van der Waals surface area contributed by atoms with Crippen LogP contribution in [0.4, 0.5) is 4.39 Å². The summed E-state index contributed by atoms with van der Waals surface area (Å²) in [4.78, 5) is 16.2. The number of nitrogens with zero attached hydrogens (tertiary/aromatic N) is 2. The molecule has 0 radical (unpaired) electrons. The van der Waals surface area contributed by atoms with Gasteiger partial charge < -0.3 is 4.90 Å². The molecule has 1 saturated heterocycles. The van der Waals surface area contributed by atoms with E-state index >= 15 is 0 Å². The van der Waals surface area contributed by atoms with Crippen LogP contribution in [0.2, 0.25) is 5.02 Å². The number of amides is 1. The lowest BCUT2D eigenvalue weighted by Gasteiger charge is -2.33. The van der Waals surface area contributed by atoms with Gasteiger partial charge in [-0.2, -0.15) is 0 Å². The fourth-order valence-corrected chi connectivity index (χ4v) is 2.82. The minimum Gasteiger partial charge on any atom is -0.329 e. The van der Waals surface area contributed by atoms with Gasteiger partial charge in [0.25, 0.3) is 5.91 Å². The van der Waals surface area contributed by atoms with Gasteiger partial charge in [-0.15, -0.1) is 0 Å². The molecule has 128 valence electrons. The Labute approximate surface area is 152 Å². The summed E-state index contributed by atoms with van der Waals surface area (Å²) in [6.07, 6.45) is 0. The standard InChI is InChI=1S/C20H18ClFN2O/c21-18-6-1-16(2-7-18)5-10-20(25)24-13-11-23(12-14-24)15-17-3-8-19(22)9-4-17/h1-4,6-9H,11-15H2. The van der Waals surface area contributed by atoms with Gasteiger partial charge in [-0.1, -0.05) is 29.7 Å². The number of carbonyl (C=O) groups is 1. The highest BCUT2D eigenvalue weighted by Crippen LogP contribution is 2.10. The monoisotopic (exact) mass is 356 g/mol. The van der Waals surface area contributed by atoms with Gasteiger partial charge >= 0.3 is 0 Å². The third kappa shape index (κ3) is 5.06. The molecule has 1 amide bonds. The van der Waals surface area contributed by atoms with Crippen molar-refractivity contribution in [1.29, 1.82) is 0 Å². The molecule has 1 heterocycles. The van der Waals surface area contributed by atoms with E-state index in [1.165, 1.54) is 12.1 Å². The Morgan fingerprint density at radius 1 is 1.00 bits per heavy atom. The number of piperazine rings is 1. The molecule has 1 fully saturated rings. The van der Waals surface area contributed by atoms with Crippen molar-refractivity contribution in [3.05, 3.63) is 70.5 Å². The first-order valence-electron chi connectivity index (χ1n) is 8.13. The number of hydrogen-bond acceptors (Lipinski definition) is 2. The van der Waals surface area contributed by atoms with Gasteiger partial charge in [0.2, 0.25) is 0 Å². The van der Waals surface area contributed by atoms with E-state index in [1.54, 1.807) is 41.3 Å². The zero-order chi connectivity index (χ0) is 17.6. The summed E-state index contributed by atoms with van der Waals surface area (Å²) in [6, 6.07) is 13.6. The van der Waals surface area contributed by atoms with E-state index in [-0.39, 0.29) is 11.7 Å². The Kier molecular flexibility index (Phi) is 5.70. The second kappa shape index (κ2) is 8.15. The molecule has 3 rings (SSSR count). The van der Waals surface area contributed by atoms with Crippen LogP contribution in [0.15, 0.2) is 48.5 Å². The largest absolute Gasteiger partial charge is 0.329 e. The highest BCUT2D eigenvalue weighted by atomic mass is 35.5. The van der Waals surface area contributed by atoms with Crippen molar-refractivity contribution in [3.63, 3.8) is 0 Å². The fourth-order valence-electron chi connectivity index (χ4n) is 2.70. The number of rotatable bonds is 2. The Balaban J connectivity index is 1.51. The van der Waals surface area contributed by atoms with E-state index in [2.05, 4.69) is 16.7 Å². The molecular formula is C20H18ClFN2O. The summed E-state index contributed by atoms with van der Waals surface area (Å²) < 4.78 is 12.9. The molecule has 0 aromatic heterocycles. The maximum atomic E-state index is 12.9. The van der Waals surface area contributed by atoms with Crippen LogP contribution in [0.5, 0.6) is 0 Å². The summed E-state index contributed by atoms with van der Waals surface area (Å²) in [5.74, 6) is 5.19. The van der Waals surface area contributed by atoms with Crippen molar-refractivity contribution in [3.8, 4) is 11.8 Å². The van der Waals surface area contributed by atoms with E-state index in [1.807, 2.05) is 0 Å². The van der Waals surface area contributed by atoms with Crippen molar-refractivity contribution in [1.82, 2.24) is 9.80 Å². The smallest absolute Gasteiger partial charge is 0.298 e. The summed E-state index contributed by atoms with van der Waals surface area (Å²) in [5.41, 5.74) is 1.84. The van der Waals surface area contributed by atoms with Crippen LogP contribution >= 0.6 is 11.6 Å². The van der Waals surface area contributed by atoms with Crippen LogP contribution in [0, 0.1) is 17.7 Å². The molecule has 3 nitrogen and oxygen atoms in total. The van der Waals surface area contributed by atoms with Crippen LogP contribution in [0.3, 0.4) is 0 Å². The average Bonchev–Trinajstić information content (AvgIpc) is 2.63. The molecule has 25 heavy (non-hydrogen) atoms. The predicted molar refractivity (Wildman–Crippen MR) is 96.6 cm³/mol. The normalized spacial score (nSPS) is 14.7. The molecular weight excluding hydrogens is 339 g/mol. The Hall–Kier alpha value is -2.35. The van der Waals surface area contributed by atoms with E-state index in [4.69, 9.17) is 11.6 Å². The Morgan fingerprint density at radius 3 is 2.28 bits per heavy atom. The zero-order valence-electron chi connectivity index (χ0n) is 13.7. The topological polar surface area (TPSA) is 23.6 Å². The molecule has 0 atom stereocenters. The summed E-state index contributed by atoms with van der Waals surface area (Å²) >= 11 is 5.83. The number of benzene rings is 2. The van der Waals surface area contributed by atoms with Crippen molar-refractivity contribution in [2.75, 3.05) is 26.2 Å². The van der Waals surface area contributed by atoms with Gasteiger partial charge in [-0.3, -0.25) is 9.69 Å². The first-order valence-corrected chi connectivity index (χ1v) is 8.51. The maximum absolute atomic E-state index is 12.9. The van der Waals surface area contributed by atoms with Crippen molar-refractivity contribution in [2.45, 2.75) is 6.54 Å². The van der Waals surface area contributed by atoms with Crippen LogP contribution in [-0.4, -0.2) is 41.9 Å². The number of hydrogen-bond donors (Lipinski definition) is 0. The lowest BCUT2D eigenvalue weighted by Crippen LogP contribution is -2.47. The molecule has 0 bridgehead atoms. The molecule has 2 aromatic carbocycles. The van der Waals surface area contributed by atoms with Crippen molar-refractivity contribution >= 4 is 17.5 Å². The van der Waals surface area contributed by atoms with Crippen molar-refractivity contribution < 1.29 is 9.18 Å². The second-order valence-corrected chi connectivity index (χ2v) is 6.39. The van der Waals surface area contributed by atoms with Crippen LogP contribution in [0.1, 0.15) is 11.1 Å². The van der Waals surface area contributed by atoms with Crippen LogP contribution in [0.25, 0.3) is 0 Å². The minimum atomic E-state index is -0.224. The summed E-state index contributed by atoms with van der Waals surface area (Å²) in [7, 11) is 0. The van der Waals surface area contributed by atoms with Gasteiger partial charge in [0.05, 0.1) is 0 Å². The predicted octanol–water partition coefficient (Wildman–Crippen LogP) is 3.18. The molecule has 0 saturated carbocycles. The molecule has 0 N–H and O–H groups in total. The molecule has 0 aliphatic carbocycles. The van der Waals surface area contributed by atoms with E-state index in [0.717, 1.165) is 30.8 Å². The van der Waals surface area contributed by atoms with Gasteiger partial charge in [-0.25, -0.2) is 4.39 Å². The minimum absolute atomic E-state index is 0.156. The van der Waals surface area contributed by atoms with E-state index in [9.17, 15) is 9.18 Å². The van der Waals surface area contributed by atoms with Gasteiger partial charge in [0.15, 0.2) is 0 Å². The fraction of sp³-hybridized carbons (Fsp3) is 0.250. The summed E-state index contributed by atoms with van der Waals surface area (Å²) in [6.45, 7) is 3.63. The van der Waals surface area contributed by atoms with Gasteiger partial charge in [-0.05, 0) is 42.0 Å². The molecule has 1 aliphatic heterocycles. The highest BCUT2D eigenvalue weighted by molar-refractivity contribution is 6.30. The third-order valence-electron chi connectivity index (χ3n) is 4.14. The quantitative estimate of drug-likeness (QED) is 0.772. The van der Waals surface area contributed by atoms with Crippen molar-refractivity contribution in [2.24, 2.45) is 0 Å². The molecule has 2 aromatic rings.